The van der Waals surface area contributed by atoms with Crippen LogP contribution in [0.15, 0.2) is 12.1 Å². The fourth-order valence-corrected chi connectivity index (χ4v) is 4.05. The second kappa shape index (κ2) is 8.15. The molecule has 1 saturated carbocycles. The highest BCUT2D eigenvalue weighted by Gasteiger charge is 2.41. The Morgan fingerprint density at radius 2 is 1.68 bits per heavy atom. The third kappa shape index (κ3) is 3.65. The molecule has 0 bridgehead atoms. The predicted octanol–water partition coefficient (Wildman–Crippen LogP) is 2.33. The predicted molar refractivity (Wildman–Crippen MR) is 98.1 cm³/mol. The van der Waals surface area contributed by atoms with Crippen molar-refractivity contribution in [2.24, 2.45) is 17.6 Å². The fourth-order valence-electron chi connectivity index (χ4n) is 4.05. The summed E-state index contributed by atoms with van der Waals surface area (Å²) in [6.45, 7) is 1.50. The van der Waals surface area contributed by atoms with Crippen molar-refractivity contribution < 1.29 is 19.0 Å². The number of methoxy groups -OCH3 is 3. The molecule has 0 aromatic heterocycles. The first kappa shape index (κ1) is 19.7. The number of carbonyl (C=O) groups is 1. The zero-order valence-electron chi connectivity index (χ0n) is 15.0. The van der Waals surface area contributed by atoms with Gasteiger partial charge in [-0.1, -0.05) is 6.42 Å². The van der Waals surface area contributed by atoms with Gasteiger partial charge in [-0.3, -0.25) is 4.79 Å². The Bertz CT molecular complexity index is 625. The molecule has 1 aromatic carbocycles. The summed E-state index contributed by atoms with van der Waals surface area (Å²) < 4.78 is 16.0. The maximum absolute atomic E-state index is 13.1. The molecule has 1 heterocycles. The van der Waals surface area contributed by atoms with E-state index in [0.717, 1.165) is 32.4 Å². The smallest absolute Gasteiger partial charge is 0.257 e. The molecule has 1 amide bonds. The first-order valence-corrected chi connectivity index (χ1v) is 8.43. The maximum atomic E-state index is 13.1. The molecule has 0 spiro atoms. The maximum Gasteiger partial charge on any atom is 0.257 e. The number of hydrogen-bond acceptors (Lipinski definition) is 5. The summed E-state index contributed by atoms with van der Waals surface area (Å²) in [6.07, 6.45) is 3.37. The van der Waals surface area contributed by atoms with Gasteiger partial charge in [0.05, 0.1) is 26.9 Å². The zero-order valence-corrected chi connectivity index (χ0v) is 15.8. The summed E-state index contributed by atoms with van der Waals surface area (Å²) in [5.74, 6) is 2.46. The van der Waals surface area contributed by atoms with Crippen LogP contribution in [0.4, 0.5) is 0 Å². The number of nitrogens with zero attached hydrogens (tertiary/aromatic N) is 1. The summed E-state index contributed by atoms with van der Waals surface area (Å²) >= 11 is 0. The molecule has 3 unspecified atom stereocenters. The number of fused-ring (bicyclic) bond motifs is 1. The van der Waals surface area contributed by atoms with Crippen molar-refractivity contribution in [1.82, 2.24) is 4.90 Å². The van der Waals surface area contributed by atoms with Gasteiger partial charge in [0.2, 0.25) is 0 Å². The highest BCUT2D eigenvalue weighted by molar-refractivity contribution is 5.98. The summed E-state index contributed by atoms with van der Waals surface area (Å²) in [7, 11) is 4.67. The van der Waals surface area contributed by atoms with Gasteiger partial charge < -0.3 is 24.8 Å². The number of amides is 1. The lowest BCUT2D eigenvalue weighted by Gasteiger charge is -2.29. The molecule has 1 aromatic rings. The second-order valence-corrected chi connectivity index (χ2v) is 6.64. The van der Waals surface area contributed by atoms with E-state index in [0.29, 0.717) is 34.6 Å². The molecular formula is C18H27ClN2O4. The van der Waals surface area contributed by atoms with Crippen LogP contribution in [-0.2, 0) is 0 Å². The van der Waals surface area contributed by atoms with Crippen molar-refractivity contribution in [3.8, 4) is 17.2 Å². The number of ether oxygens (including phenoxy) is 3. The molecule has 7 heteroatoms. The van der Waals surface area contributed by atoms with Crippen molar-refractivity contribution in [3.05, 3.63) is 17.7 Å². The van der Waals surface area contributed by atoms with Gasteiger partial charge in [0.25, 0.3) is 5.91 Å². The van der Waals surface area contributed by atoms with Crippen LogP contribution in [0.3, 0.4) is 0 Å². The third-order valence-corrected chi connectivity index (χ3v) is 5.38. The van der Waals surface area contributed by atoms with Crippen molar-refractivity contribution in [3.63, 3.8) is 0 Å². The lowest BCUT2D eigenvalue weighted by atomic mass is 9.78. The van der Waals surface area contributed by atoms with Crippen LogP contribution in [0.2, 0.25) is 0 Å². The topological polar surface area (TPSA) is 74.0 Å². The minimum absolute atomic E-state index is 0. The lowest BCUT2D eigenvalue weighted by molar-refractivity contribution is 0.0779. The van der Waals surface area contributed by atoms with Gasteiger partial charge in [-0.2, -0.15) is 0 Å². The van der Waals surface area contributed by atoms with Gasteiger partial charge >= 0.3 is 0 Å². The number of rotatable bonds is 4. The van der Waals surface area contributed by atoms with Crippen LogP contribution < -0.4 is 19.9 Å². The van der Waals surface area contributed by atoms with E-state index in [4.69, 9.17) is 19.9 Å². The van der Waals surface area contributed by atoms with Crippen LogP contribution in [0.5, 0.6) is 17.2 Å². The summed E-state index contributed by atoms with van der Waals surface area (Å²) in [6, 6.07) is 3.59. The van der Waals surface area contributed by atoms with Crippen molar-refractivity contribution in [2.45, 2.75) is 25.3 Å². The minimum Gasteiger partial charge on any atom is -0.496 e. The van der Waals surface area contributed by atoms with E-state index in [1.165, 1.54) is 0 Å². The van der Waals surface area contributed by atoms with Crippen LogP contribution in [0.25, 0.3) is 0 Å². The molecule has 0 radical (unpaired) electrons. The number of hydrogen-bond donors (Lipinski definition) is 1. The standard InChI is InChI=1S/C18H26N2O4.ClH/c1-22-15-8-17(24-3)16(23-2)7-12(15)18(21)20-9-11-5-4-6-14(19)13(11)10-20;/h7-8,11,13-14H,4-6,9-10,19H2,1-3H3;1H. The molecule has 25 heavy (non-hydrogen) atoms. The van der Waals surface area contributed by atoms with Gasteiger partial charge in [-0.05, 0) is 24.7 Å². The number of nitrogens with two attached hydrogens (primary N) is 1. The molecule has 6 nitrogen and oxygen atoms in total. The Morgan fingerprint density at radius 3 is 2.28 bits per heavy atom. The second-order valence-electron chi connectivity index (χ2n) is 6.64. The molecule has 1 aliphatic carbocycles. The summed E-state index contributed by atoms with van der Waals surface area (Å²) in [5, 5.41) is 0. The van der Waals surface area contributed by atoms with Crippen molar-refractivity contribution >= 4 is 18.3 Å². The average Bonchev–Trinajstić information content (AvgIpc) is 3.05. The highest BCUT2D eigenvalue weighted by atomic mass is 35.5. The zero-order chi connectivity index (χ0) is 17.3. The molecular weight excluding hydrogens is 344 g/mol. The van der Waals surface area contributed by atoms with E-state index in [1.807, 2.05) is 4.90 Å². The van der Waals surface area contributed by atoms with Crippen LogP contribution >= 0.6 is 12.4 Å². The van der Waals surface area contributed by atoms with Crippen molar-refractivity contribution in [2.75, 3.05) is 34.4 Å². The Balaban J connectivity index is 0.00000225. The Hall–Kier alpha value is -1.66. The molecule has 2 fully saturated rings. The molecule has 1 aliphatic heterocycles. The van der Waals surface area contributed by atoms with Crippen molar-refractivity contribution in [1.29, 1.82) is 0 Å². The summed E-state index contributed by atoms with van der Waals surface area (Å²) in [5.41, 5.74) is 6.76. The highest BCUT2D eigenvalue weighted by Crippen LogP contribution is 2.39. The first-order valence-electron chi connectivity index (χ1n) is 8.43. The van der Waals surface area contributed by atoms with Crippen LogP contribution in [-0.4, -0.2) is 51.3 Å². The van der Waals surface area contributed by atoms with Gasteiger partial charge in [0.15, 0.2) is 11.5 Å². The minimum atomic E-state index is -0.0330. The van der Waals surface area contributed by atoms with E-state index in [1.54, 1.807) is 33.5 Å². The molecule has 2 aliphatic rings. The Labute approximate surface area is 155 Å². The Morgan fingerprint density at radius 1 is 1.04 bits per heavy atom. The quantitative estimate of drug-likeness (QED) is 0.880. The van der Waals surface area contributed by atoms with Crippen LogP contribution in [0.1, 0.15) is 29.6 Å². The molecule has 2 N–H and O–H groups in total. The summed E-state index contributed by atoms with van der Waals surface area (Å²) in [4.78, 5) is 15.0. The van der Waals surface area contributed by atoms with E-state index in [9.17, 15) is 4.79 Å². The number of benzene rings is 1. The van der Waals surface area contributed by atoms with E-state index < -0.39 is 0 Å². The lowest BCUT2D eigenvalue weighted by Crippen LogP contribution is -2.38. The Kier molecular flexibility index (Phi) is 6.41. The van der Waals surface area contributed by atoms with Gasteiger partial charge in [-0.25, -0.2) is 0 Å². The third-order valence-electron chi connectivity index (χ3n) is 5.38. The van der Waals surface area contributed by atoms with Gasteiger partial charge in [0.1, 0.15) is 5.75 Å². The molecule has 3 atom stereocenters. The first-order chi connectivity index (χ1) is 11.6. The van der Waals surface area contributed by atoms with Gasteiger partial charge in [0, 0.05) is 31.3 Å². The number of carbonyl (C=O) groups excluding carboxylic acids is 1. The average molecular weight is 371 g/mol. The SMILES string of the molecule is COc1cc(OC)c(C(=O)N2CC3CCCC(N)C3C2)cc1OC.Cl. The fraction of sp³-hybridized carbons (Fsp3) is 0.611. The molecule has 140 valence electrons. The molecule has 3 rings (SSSR count). The van der Waals surface area contributed by atoms with E-state index in [2.05, 4.69) is 0 Å². The van der Waals surface area contributed by atoms with Gasteiger partial charge in [-0.15, -0.1) is 12.4 Å². The normalized spacial score (nSPS) is 25.0. The molecule has 1 saturated heterocycles. The number of likely N-dealkylation sites (tertiary alicyclic amines) is 1. The largest absolute Gasteiger partial charge is 0.496 e. The van der Waals surface area contributed by atoms with E-state index >= 15 is 0 Å². The van der Waals surface area contributed by atoms with Crippen LogP contribution in [0, 0.1) is 11.8 Å². The monoisotopic (exact) mass is 370 g/mol. The number of halogens is 1. The van der Waals surface area contributed by atoms with E-state index in [-0.39, 0.29) is 24.4 Å².